The van der Waals surface area contributed by atoms with E-state index in [1.165, 1.54) is 23.5 Å². The standard InChI is InChI=1S/C17H20FN3OS/c18-14-3-5-15(6-4-14)21-11-9-20(10-12-21)8-7-19-17(22)16-2-1-13-23-16/h1-6,13H,7-12H2,(H,19,22). The van der Waals surface area contributed by atoms with Gasteiger partial charge in [0.2, 0.25) is 0 Å². The summed E-state index contributed by atoms with van der Waals surface area (Å²) in [6.07, 6.45) is 0. The number of carbonyl (C=O) groups is 1. The Morgan fingerprint density at radius 2 is 1.87 bits per heavy atom. The second kappa shape index (κ2) is 7.57. The molecule has 2 aromatic rings. The van der Waals surface area contributed by atoms with Crippen LogP contribution in [0.1, 0.15) is 9.67 Å². The molecule has 1 aromatic heterocycles. The van der Waals surface area contributed by atoms with E-state index < -0.39 is 0 Å². The highest BCUT2D eigenvalue weighted by molar-refractivity contribution is 7.12. The highest BCUT2D eigenvalue weighted by Crippen LogP contribution is 2.16. The molecule has 0 radical (unpaired) electrons. The summed E-state index contributed by atoms with van der Waals surface area (Å²) in [5, 5.41) is 4.86. The predicted molar refractivity (Wildman–Crippen MR) is 91.7 cm³/mol. The molecule has 3 rings (SSSR count). The number of hydrogen-bond acceptors (Lipinski definition) is 4. The maximum Gasteiger partial charge on any atom is 0.261 e. The topological polar surface area (TPSA) is 35.6 Å². The van der Waals surface area contributed by atoms with Crippen LogP contribution in [0.3, 0.4) is 0 Å². The number of amides is 1. The fourth-order valence-electron chi connectivity index (χ4n) is 2.70. The van der Waals surface area contributed by atoms with Crippen molar-refractivity contribution in [2.75, 3.05) is 44.2 Å². The number of piperazine rings is 1. The summed E-state index contributed by atoms with van der Waals surface area (Å²) >= 11 is 1.46. The molecule has 1 fully saturated rings. The van der Waals surface area contributed by atoms with Crippen molar-refractivity contribution >= 4 is 22.9 Å². The Bertz CT molecular complexity index is 622. The number of nitrogens with one attached hydrogen (secondary N) is 1. The number of rotatable bonds is 5. The van der Waals surface area contributed by atoms with Gasteiger partial charge in [-0.2, -0.15) is 0 Å². The summed E-state index contributed by atoms with van der Waals surface area (Å²) in [6, 6.07) is 10.4. The van der Waals surface area contributed by atoms with E-state index in [-0.39, 0.29) is 11.7 Å². The van der Waals surface area contributed by atoms with Crippen molar-refractivity contribution in [1.82, 2.24) is 10.2 Å². The average Bonchev–Trinajstić information content (AvgIpc) is 3.11. The Labute approximate surface area is 139 Å². The Hall–Kier alpha value is -1.92. The lowest BCUT2D eigenvalue weighted by Crippen LogP contribution is -2.48. The third-order valence-corrected chi connectivity index (χ3v) is 4.89. The van der Waals surface area contributed by atoms with Crippen LogP contribution in [0.5, 0.6) is 0 Å². The molecule has 1 N–H and O–H groups in total. The van der Waals surface area contributed by atoms with Crippen LogP contribution in [0.25, 0.3) is 0 Å². The third kappa shape index (κ3) is 4.30. The van der Waals surface area contributed by atoms with Gasteiger partial charge in [-0.1, -0.05) is 6.07 Å². The van der Waals surface area contributed by atoms with Gasteiger partial charge >= 0.3 is 0 Å². The maximum absolute atomic E-state index is 13.0. The molecule has 6 heteroatoms. The van der Waals surface area contributed by atoms with Crippen LogP contribution in [0.4, 0.5) is 10.1 Å². The fourth-order valence-corrected chi connectivity index (χ4v) is 3.34. The maximum atomic E-state index is 13.0. The zero-order chi connectivity index (χ0) is 16.1. The van der Waals surface area contributed by atoms with E-state index in [0.717, 1.165) is 43.3 Å². The van der Waals surface area contributed by atoms with Crippen LogP contribution in [-0.2, 0) is 0 Å². The smallest absolute Gasteiger partial charge is 0.261 e. The van der Waals surface area contributed by atoms with Crippen molar-refractivity contribution in [3.05, 3.63) is 52.5 Å². The minimum absolute atomic E-state index is 0.00458. The van der Waals surface area contributed by atoms with Gasteiger partial charge in [-0.15, -0.1) is 11.3 Å². The molecule has 0 bridgehead atoms. The summed E-state index contributed by atoms with van der Waals surface area (Å²) in [6.45, 7) is 5.26. The Morgan fingerprint density at radius 3 is 2.52 bits per heavy atom. The van der Waals surface area contributed by atoms with Crippen molar-refractivity contribution in [1.29, 1.82) is 0 Å². The Kier molecular flexibility index (Phi) is 5.25. The molecule has 1 amide bonds. The first kappa shape index (κ1) is 16.0. The van der Waals surface area contributed by atoms with Gasteiger partial charge in [-0.25, -0.2) is 4.39 Å². The van der Waals surface area contributed by atoms with Gasteiger partial charge in [-0.3, -0.25) is 9.69 Å². The molecule has 0 spiro atoms. The van der Waals surface area contributed by atoms with E-state index >= 15 is 0 Å². The minimum atomic E-state index is -0.200. The number of thiophene rings is 1. The zero-order valence-corrected chi connectivity index (χ0v) is 13.7. The van der Waals surface area contributed by atoms with E-state index in [9.17, 15) is 9.18 Å². The van der Waals surface area contributed by atoms with Gasteiger partial charge in [0.25, 0.3) is 5.91 Å². The number of anilines is 1. The second-order valence-corrected chi connectivity index (χ2v) is 6.49. The van der Waals surface area contributed by atoms with Gasteiger partial charge < -0.3 is 10.2 Å². The molecule has 1 aliphatic heterocycles. The van der Waals surface area contributed by atoms with E-state index in [2.05, 4.69) is 15.1 Å². The van der Waals surface area contributed by atoms with Crippen LogP contribution in [0, 0.1) is 5.82 Å². The van der Waals surface area contributed by atoms with Crippen molar-refractivity contribution in [3.8, 4) is 0 Å². The third-order valence-electron chi connectivity index (χ3n) is 4.02. The molecule has 4 nitrogen and oxygen atoms in total. The predicted octanol–water partition coefficient (Wildman–Crippen LogP) is 2.44. The van der Waals surface area contributed by atoms with Gasteiger partial charge in [-0.05, 0) is 35.7 Å². The van der Waals surface area contributed by atoms with Gasteiger partial charge in [0, 0.05) is 45.0 Å². The zero-order valence-electron chi connectivity index (χ0n) is 12.9. The first-order chi connectivity index (χ1) is 11.2. The van der Waals surface area contributed by atoms with Crippen molar-refractivity contribution in [2.45, 2.75) is 0 Å². The average molecular weight is 333 g/mol. The SMILES string of the molecule is O=C(NCCN1CCN(c2ccc(F)cc2)CC1)c1cccs1. The van der Waals surface area contributed by atoms with Crippen LogP contribution < -0.4 is 10.2 Å². The molecular weight excluding hydrogens is 313 g/mol. The van der Waals surface area contributed by atoms with Crippen LogP contribution in [0.2, 0.25) is 0 Å². The molecular formula is C17H20FN3OS. The monoisotopic (exact) mass is 333 g/mol. The molecule has 0 saturated carbocycles. The number of benzene rings is 1. The summed E-state index contributed by atoms with van der Waals surface area (Å²) in [5.41, 5.74) is 1.07. The van der Waals surface area contributed by atoms with Crippen molar-refractivity contribution < 1.29 is 9.18 Å². The van der Waals surface area contributed by atoms with Crippen LogP contribution in [-0.4, -0.2) is 50.1 Å². The Balaban J connectivity index is 1.39. The van der Waals surface area contributed by atoms with Gasteiger partial charge in [0.05, 0.1) is 4.88 Å². The summed E-state index contributed by atoms with van der Waals surface area (Å²) in [4.78, 5) is 17.2. The molecule has 23 heavy (non-hydrogen) atoms. The number of halogens is 1. The minimum Gasteiger partial charge on any atom is -0.369 e. The highest BCUT2D eigenvalue weighted by Gasteiger charge is 2.17. The van der Waals surface area contributed by atoms with Crippen molar-refractivity contribution in [3.63, 3.8) is 0 Å². The van der Waals surface area contributed by atoms with Gasteiger partial charge in [0.1, 0.15) is 5.82 Å². The van der Waals surface area contributed by atoms with Crippen LogP contribution >= 0.6 is 11.3 Å². The van der Waals surface area contributed by atoms with E-state index in [1.807, 2.05) is 29.6 Å². The summed E-state index contributed by atoms with van der Waals surface area (Å²) in [7, 11) is 0. The second-order valence-electron chi connectivity index (χ2n) is 5.54. The van der Waals surface area contributed by atoms with Crippen LogP contribution in [0.15, 0.2) is 41.8 Å². The summed E-state index contributed by atoms with van der Waals surface area (Å²) < 4.78 is 13.0. The Morgan fingerprint density at radius 1 is 1.13 bits per heavy atom. The van der Waals surface area contributed by atoms with E-state index in [1.54, 1.807) is 0 Å². The first-order valence-electron chi connectivity index (χ1n) is 7.77. The van der Waals surface area contributed by atoms with E-state index in [4.69, 9.17) is 0 Å². The quantitative estimate of drug-likeness (QED) is 0.913. The fraction of sp³-hybridized carbons (Fsp3) is 0.353. The van der Waals surface area contributed by atoms with E-state index in [0.29, 0.717) is 6.54 Å². The molecule has 2 heterocycles. The highest BCUT2D eigenvalue weighted by atomic mass is 32.1. The summed E-state index contributed by atoms with van der Waals surface area (Å²) in [5.74, 6) is -0.196. The number of carbonyl (C=O) groups excluding carboxylic acids is 1. The molecule has 1 aliphatic rings. The lowest BCUT2D eigenvalue weighted by atomic mass is 10.2. The molecule has 1 aromatic carbocycles. The van der Waals surface area contributed by atoms with Gasteiger partial charge in [0.15, 0.2) is 0 Å². The molecule has 1 saturated heterocycles. The molecule has 0 aliphatic carbocycles. The molecule has 0 atom stereocenters. The lowest BCUT2D eigenvalue weighted by molar-refractivity contribution is 0.0952. The first-order valence-corrected chi connectivity index (χ1v) is 8.65. The normalized spacial score (nSPS) is 15.6. The lowest BCUT2D eigenvalue weighted by Gasteiger charge is -2.36. The number of hydrogen-bond donors (Lipinski definition) is 1. The molecule has 122 valence electrons. The molecule has 0 unspecified atom stereocenters. The number of nitrogens with zero attached hydrogens (tertiary/aromatic N) is 2. The van der Waals surface area contributed by atoms with Crippen molar-refractivity contribution in [2.24, 2.45) is 0 Å². The largest absolute Gasteiger partial charge is 0.369 e.